The molecule has 0 N–H and O–H groups in total. The average molecular weight is 408 g/mol. The molecule has 110 valence electrons. The molecule has 0 aliphatic rings. The van der Waals surface area contributed by atoms with E-state index in [1.54, 1.807) is 12.1 Å². The Bertz CT molecular complexity index is 477. The molecular formula is C14H16Br2O4. The van der Waals surface area contributed by atoms with Gasteiger partial charge in [-0.1, -0.05) is 13.8 Å². The summed E-state index contributed by atoms with van der Waals surface area (Å²) in [4.78, 5) is 23.7. The van der Waals surface area contributed by atoms with Gasteiger partial charge in [0.2, 0.25) is 0 Å². The highest BCUT2D eigenvalue weighted by Gasteiger charge is 2.19. The Morgan fingerprint density at radius 2 is 1.40 bits per heavy atom. The predicted octanol–water partition coefficient (Wildman–Crippen LogP) is 4.35. The van der Waals surface area contributed by atoms with E-state index in [0.29, 0.717) is 33.3 Å². The van der Waals surface area contributed by atoms with Gasteiger partial charge in [-0.3, -0.25) is 0 Å². The molecule has 0 heterocycles. The van der Waals surface area contributed by atoms with Gasteiger partial charge in [-0.25, -0.2) is 9.59 Å². The van der Waals surface area contributed by atoms with Gasteiger partial charge in [0.15, 0.2) is 0 Å². The maximum atomic E-state index is 11.9. The summed E-state index contributed by atoms with van der Waals surface area (Å²) < 4.78 is 11.1. The lowest BCUT2D eigenvalue weighted by molar-refractivity contribution is 0.0489. The van der Waals surface area contributed by atoms with Crippen LogP contribution in [0.25, 0.3) is 0 Å². The van der Waals surface area contributed by atoms with Crippen molar-refractivity contribution < 1.29 is 19.1 Å². The molecule has 1 aromatic carbocycles. The van der Waals surface area contributed by atoms with Crippen LogP contribution in [0.2, 0.25) is 0 Å². The second-order valence-electron chi connectivity index (χ2n) is 4.09. The number of carbonyl (C=O) groups excluding carboxylic acids is 2. The van der Waals surface area contributed by atoms with Crippen LogP contribution in [0.15, 0.2) is 21.1 Å². The summed E-state index contributed by atoms with van der Waals surface area (Å²) in [5.74, 6) is -0.846. The fourth-order valence-corrected chi connectivity index (χ4v) is 2.94. The molecule has 0 aliphatic carbocycles. The average Bonchev–Trinajstić information content (AvgIpc) is 2.41. The fraction of sp³-hybridized carbons (Fsp3) is 0.429. The Morgan fingerprint density at radius 1 is 0.950 bits per heavy atom. The van der Waals surface area contributed by atoms with Gasteiger partial charge in [0.05, 0.1) is 24.3 Å². The molecule has 0 saturated carbocycles. The van der Waals surface area contributed by atoms with E-state index in [2.05, 4.69) is 31.9 Å². The van der Waals surface area contributed by atoms with Crippen molar-refractivity contribution in [3.05, 3.63) is 32.2 Å². The highest BCUT2D eigenvalue weighted by Crippen LogP contribution is 2.28. The van der Waals surface area contributed by atoms with E-state index in [-0.39, 0.29) is 0 Å². The van der Waals surface area contributed by atoms with Crippen molar-refractivity contribution in [2.45, 2.75) is 26.7 Å². The molecule has 0 aromatic heterocycles. The van der Waals surface area contributed by atoms with Gasteiger partial charge in [-0.15, -0.1) is 0 Å². The van der Waals surface area contributed by atoms with Crippen molar-refractivity contribution in [3.63, 3.8) is 0 Å². The molecule has 4 nitrogen and oxygen atoms in total. The first kappa shape index (κ1) is 17.2. The third-order valence-electron chi connectivity index (χ3n) is 2.36. The van der Waals surface area contributed by atoms with Crippen LogP contribution in [-0.2, 0) is 9.47 Å². The Kier molecular flexibility index (Phi) is 7.23. The zero-order chi connectivity index (χ0) is 15.1. The van der Waals surface area contributed by atoms with Gasteiger partial charge in [0.25, 0.3) is 0 Å². The molecule has 0 amide bonds. The van der Waals surface area contributed by atoms with Gasteiger partial charge < -0.3 is 9.47 Å². The molecule has 1 aromatic rings. The monoisotopic (exact) mass is 406 g/mol. The fourth-order valence-electron chi connectivity index (χ4n) is 1.43. The van der Waals surface area contributed by atoms with Crippen LogP contribution in [0.1, 0.15) is 47.4 Å². The molecule has 1 rings (SSSR count). The van der Waals surface area contributed by atoms with E-state index >= 15 is 0 Å². The third-order valence-corrected chi connectivity index (χ3v) is 3.61. The molecule has 0 fully saturated rings. The summed E-state index contributed by atoms with van der Waals surface area (Å²) in [7, 11) is 0. The number of hydrogen-bond acceptors (Lipinski definition) is 4. The van der Waals surface area contributed by atoms with E-state index < -0.39 is 11.9 Å². The summed E-state index contributed by atoms with van der Waals surface area (Å²) in [6.45, 7) is 4.57. The molecule has 0 aliphatic heterocycles. The van der Waals surface area contributed by atoms with Gasteiger partial charge in [0.1, 0.15) is 0 Å². The number of hydrogen-bond donors (Lipinski definition) is 0. The normalized spacial score (nSPS) is 10.2. The van der Waals surface area contributed by atoms with Crippen molar-refractivity contribution in [3.8, 4) is 0 Å². The Morgan fingerprint density at radius 3 is 1.85 bits per heavy atom. The van der Waals surface area contributed by atoms with Crippen molar-refractivity contribution in [1.29, 1.82) is 0 Å². The molecule has 0 radical (unpaired) electrons. The van der Waals surface area contributed by atoms with Crippen LogP contribution in [0, 0.1) is 0 Å². The number of ether oxygens (including phenoxy) is 2. The smallest absolute Gasteiger partial charge is 0.340 e. The van der Waals surface area contributed by atoms with Gasteiger partial charge in [-0.2, -0.15) is 0 Å². The Labute approximate surface area is 135 Å². The van der Waals surface area contributed by atoms with E-state index in [1.165, 1.54) is 0 Å². The van der Waals surface area contributed by atoms with Crippen molar-refractivity contribution in [1.82, 2.24) is 0 Å². The molecule has 0 bridgehead atoms. The minimum absolute atomic E-state index is 0.359. The second kappa shape index (κ2) is 8.42. The van der Waals surface area contributed by atoms with E-state index in [1.807, 2.05) is 13.8 Å². The first-order chi connectivity index (χ1) is 9.51. The number of halogens is 2. The summed E-state index contributed by atoms with van der Waals surface area (Å²) in [6.07, 6.45) is 1.51. The molecule has 0 unspecified atom stereocenters. The lowest BCUT2D eigenvalue weighted by Crippen LogP contribution is -2.10. The number of rotatable bonds is 6. The van der Waals surface area contributed by atoms with Crippen molar-refractivity contribution >= 4 is 43.8 Å². The minimum atomic E-state index is -0.431. The van der Waals surface area contributed by atoms with Gasteiger partial charge in [-0.05, 0) is 56.8 Å². The second-order valence-corrected chi connectivity index (χ2v) is 5.80. The Balaban J connectivity index is 2.97. The van der Waals surface area contributed by atoms with Crippen LogP contribution in [0.5, 0.6) is 0 Å². The number of benzene rings is 1. The number of carbonyl (C=O) groups is 2. The zero-order valence-electron chi connectivity index (χ0n) is 11.4. The molecule has 0 saturated heterocycles. The van der Waals surface area contributed by atoms with E-state index in [4.69, 9.17) is 9.47 Å². The summed E-state index contributed by atoms with van der Waals surface area (Å²) in [5.41, 5.74) is 0.745. The summed E-state index contributed by atoms with van der Waals surface area (Å²) in [5, 5.41) is 0. The maximum absolute atomic E-state index is 11.9. The van der Waals surface area contributed by atoms with Crippen molar-refractivity contribution in [2.24, 2.45) is 0 Å². The van der Waals surface area contributed by atoms with Crippen LogP contribution in [0.3, 0.4) is 0 Å². The van der Waals surface area contributed by atoms with Crippen LogP contribution < -0.4 is 0 Å². The first-order valence-corrected chi connectivity index (χ1v) is 7.93. The lowest BCUT2D eigenvalue weighted by atomic mass is 10.1. The summed E-state index contributed by atoms with van der Waals surface area (Å²) in [6, 6.07) is 3.12. The van der Waals surface area contributed by atoms with Gasteiger partial charge in [0, 0.05) is 8.95 Å². The predicted molar refractivity (Wildman–Crippen MR) is 83.0 cm³/mol. The maximum Gasteiger partial charge on any atom is 0.340 e. The SMILES string of the molecule is CCCOC(=O)c1cc(Br)c(C(=O)OCCC)c(Br)c1. The molecular weight excluding hydrogens is 392 g/mol. The first-order valence-electron chi connectivity index (χ1n) is 6.34. The van der Waals surface area contributed by atoms with Crippen LogP contribution in [0.4, 0.5) is 0 Å². The zero-order valence-corrected chi connectivity index (χ0v) is 14.5. The van der Waals surface area contributed by atoms with Gasteiger partial charge >= 0.3 is 11.9 Å². The van der Waals surface area contributed by atoms with Crippen LogP contribution >= 0.6 is 31.9 Å². The third kappa shape index (κ3) is 4.59. The minimum Gasteiger partial charge on any atom is -0.462 e. The molecule has 6 heteroatoms. The van der Waals surface area contributed by atoms with E-state index in [9.17, 15) is 9.59 Å². The topological polar surface area (TPSA) is 52.6 Å². The largest absolute Gasteiger partial charge is 0.462 e. The molecule has 0 atom stereocenters. The highest BCUT2D eigenvalue weighted by molar-refractivity contribution is 9.11. The summed E-state index contributed by atoms with van der Waals surface area (Å²) >= 11 is 6.58. The number of esters is 2. The highest BCUT2D eigenvalue weighted by atomic mass is 79.9. The Hall–Kier alpha value is -0.880. The van der Waals surface area contributed by atoms with Crippen molar-refractivity contribution in [2.75, 3.05) is 13.2 Å². The van der Waals surface area contributed by atoms with E-state index in [0.717, 1.165) is 12.8 Å². The lowest BCUT2D eigenvalue weighted by Gasteiger charge is -2.10. The molecule has 20 heavy (non-hydrogen) atoms. The standard InChI is InChI=1S/C14H16Br2O4/c1-3-5-19-13(17)9-7-10(15)12(11(16)8-9)14(18)20-6-4-2/h7-8H,3-6H2,1-2H3. The quantitative estimate of drug-likeness (QED) is 0.658. The van der Waals surface area contributed by atoms with Crippen LogP contribution in [-0.4, -0.2) is 25.2 Å². The molecule has 0 spiro atoms.